The summed E-state index contributed by atoms with van der Waals surface area (Å²) in [5, 5.41) is 12.6. The number of rotatable bonds is 4. The molecule has 2 saturated carbocycles. The van der Waals surface area contributed by atoms with Crippen LogP contribution in [0.5, 0.6) is 0 Å². The number of nitrogens with one attached hydrogen (secondary N) is 2. The average Bonchev–Trinajstić information content (AvgIpc) is 2.60. The van der Waals surface area contributed by atoms with E-state index in [2.05, 4.69) is 10.3 Å². The normalized spacial score (nSPS) is 25.0. The first-order valence-electron chi connectivity index (χ1n) is 8.65. The molecule has 0 saturated heterocycles. The van der Waals surface area contributed by atoms with Crippen LogP contribution >= 0.6 is 0 Å². The highest BCUT2D eigenvalue weighted by molar-refractivity contribution is 5.51. The topological polar surface area (TPSA) is 99.9 Å². The number of hydrogen-bond donors (Lipinski definition) is 2. The molecule has 130 valence electrons. The molecular weight excluding hydrogens is 308 g/mol. The average molecular weight is 332 g/mol. The van der Waals surface area contributed by atoms with E-state index in [0.29, 0.717) is 6.61 Å². The lowest BCUT2D eigenvalue weighted by Gasteiger charge is -2.57. The molecule has 2 fully saturated rings. The Morgan fingerprint density at radius 2 is 2.08 bits per heavy atom. The molecule has 3 rings (SSSR count). The van der Waals surface area contributed by atoms with Crippen molar-refractivity contribution in [3.05, 3.63) is 26.4 Å². The van der Waals surface area contributed by atoms with Gasteiger partial charge in [0.25, 0.3) is 5.56 Å². The second kappa shape index (κ2) is 6.44. The summed E-state index contributed by atoms with van der Waals surface area (Å²) in [4.78, 5) is 26.6. The van der Waals surface area contributed by atoms with Crippen molar-refractivity contribution in [1.29, 1.82) is 5.26 Å². The summed E-state index contributed by atoms with van der Waals surface area (Å²) in [6.07, 6.45) is 6.76. The summed E-state index contributed by atoms with van der Waals surface area (Å²) >= 11 is 0. The monoisotopic (exact) mass is 332 g/mol. The number of nitriles is 1. The molecule has 24 heavy (non-hydrogen) atoms. The lowest BCUT2D eigenvalue weighted by molar-refractivity contribution is -0.134. The molecule has 1 aromatic rings. The van der Waals surface area contributed by atoms with Crippen LogP contribution in [0.2, 0.25) is 0 Å². The Kier molecular flexibility index (Phi) is 4.50. The molecule has 7 heteroatoms. The van der Waals surface area contributed by atoms with Crippen molar-refractivity contribution in [1.82, 2.24) is 9.55 Å². The van der Waals surface area contributed by atoms with Gasteiger partial charge in [-0.15, -0.1) is 0 Å². The molecule has 0 aliphatic heterocycles. The van der Waals surface area contributed by atoms with Crippen LogP contribution in [0.15, 0.2) is 9.59 Å². The van der Waals surface area contributed by atoms with Crippen LogP contribution < -0.4 is 16.6 Å². The van der Waals surface area contributed by atoms with Crippen molar-refractivity contribution in [3.8, 4) is 6.07 Å². The van der Waals surface area contributed by atoms with Gasteiger partial charge < -0.3 is 10.1 Å². The van der Waals surface area contributed by atoms with Crippen LogP contribution in [-0.4, -0.2) is 28.3 Å². The lowest BCUT2D eigenvalue weighted by atomic mass is 9.55. The molecule has 2 aliphatic carbocycles. The zero-order valence-corrected chi connectivity index (χ0v) is 14.2. The van der Waals surface area contributed by atoms with Gasteiger partial charge in [-0.3, -0.25) is 14.3 Å². The molecule has 0 bridgehead atoms. The van der Waals surface area contributed by atoms with Gasteiger partial charge in [-0.2, -0.15) is 5.26 Å². The van der Waals surface area contributed by atoms with E-state index in [1.54, 1.807) is 0 Å². The van der Waals surface area contributed by atoms with E-state index in [9.17, 15) is 14.9 Å². The van der Waals surface area contributed by atoms with Gasteiger partial charge in [0.1, 0.15) is 11.9 Å². The van der Waals surface area contributed by atoms with Crippen molar-refractivity contribution in [3.63, 3.8) is 0 Å². The Morgan fingerprint density at radius 3 is 2.71 bits per heavy atom. The Labute approximate surface area is 140 Å². The van der Waals surface area contributed by atoms with E-state index in [1.807, 2.05) is 13.0 Å². The number of hydrogen-bond acceptors (Lipinski definition) is 5. The van der Waals surface area contributed by atoms with E-state index in [0.717, 1.165) is 23.8 Å². The molecular formula is C17H24N4O3. The number of nitrogens with zero attached hydrogens (tertiary/aromatic N) is 2. The summed E-state index contributed by atoms with van der Waals surface area (Å²) in [5.74, 6) is 0.246. The molecule has 2 unspecified atom stereocenters. The van der Waals surface area contributed by atoms with Crippen LogP contribution in [0.1, 0.15) is 51.0 Å². The van der Waals surface area contributed by atoms with Crippen LogP contribution in [-0.2, 0) is 11.8 Å². The molecule has 2 aliphatic rings. The minimum absolute atomic E-state index is 0.0390. The molecule has 1 heterocycles. The number of anilines is 1. The molecule has 0 aromatic carbocycles. The fourth-order valence-corrected chi connectivity index (χ4v) is 4.27. The van der Waals surface area contributed by atoms with Gasteiger partial charge in [-0.05, 0) is 26.2 Å². The van der Waals surface area contributed by atoms with Crippen molar-refractivity contribution < 1.29 is 4.74 Å². The van der Waals surface area contributed by atoms with E-state index in [1.165, 1.54) is 26.3 Å². The first-order valence-corrected chi connectivity index (χ1v) is 8.65. The highest BCUT2D eigenvalue weighted by Crippen LogP contribution is 2.54. The molecule has 1 aromatic heterocycles. The molecule has 2 atom stereocenters. The predicted octanol–water partition coefficient (Wildman–Crippen LogP) is 1.49. The molecule has 7 nitrogen and oxygen atoms in total. The van der Waals surface area contributed by atoms with Crippen molar-refractivity contribution >= 4 is 5.82 Å². The molecule has 0 amide bonds. The number of ether oxygens (including phenoxy) is 1. The Bertz CT molecular complexity index is 768. The van der Waals surface area contributed by atoms with Crippen LogP contribution in [0.25, 0.3) is 0 Å². The van der Waals surface area contributed by atoms with Crippen molar-refractivity contribution in [2.75, 3.05) is 11.9 Å². The van der Waals surface area contributed by atoms with E-state index >= 15 is 0 Å². The highest BCUT2D eigenvalue weighted by atomic mass is 16.5. The SMILES string of the molecule is CCOC1CC(Nc2[nH]c(=O)n(C)c(=O)c2C#N)C12CCCCC2. The third kappa shape index (κ3) is 2.55. The standard InChI is InChI=1S/C17H24N4O3/c1-3-24-13-9-12(17(13)7-5-4-6-8-17)19-14-11(10-18)15(22)21(2)16(23)20-14/h12-13,19H,3-9H2,1-2H3,(H,20,23). The zero-order valence-electron chi connectivity index (χ0n) is 14.2. The molecule has 1 spiro atoms. The van der Waals surface area contributed by atoms with Gasteiger partial charge in [-0.1, -0.05) is 19.3 Å². The van der Waals surface area contributed by atoms with Crippen LogP contribution in [0, 0.1) is 16.7 Å². The second-order valence-corrected chi connectivity index (χ2v) is 6.83. The van der Waals surface area contributed by atoms with Crippen LogP contribution in [0.3, 0.4) is 0 Å². The quantitative estimate of drug-likeness (QED) is 0.870. The van der Waals surface area contributed by atoms with E-state index < -0.39 is 11.2 Å². The van der Waals surface area contributed by atoms with Gasteiger partial charge in [0.15, 0.2) is 5.56 Å². The fraction of sp³-hybridized carbons (Fsp3) is 0.706. The minimum atomic E-state index is -0.567. The Balaban J connectivity index is 1.90. The van der Waals surface area contributed by atoms with Gasteiger partial charge >= 0.3 is 5.69 Å². The lowest BCUT2D eigenvalue weighted by Crippen LogP contribution is -2.62. The van der Waals surface area contributed by atoms with Gasteiger partial charge in [-0.25, -0.2) is 4.79 Å². The smallest absolute Gasteiger partial charge is 0.329 e. The maximum Gasteiger partial charge on any atom is 0.329 e. The highest BCUT2D eigenvalue weighted by Gasteiger charge is 2.55. The fourth-order valence-electron chi connectivity index (χ4n) is 4.27. The predicted molar refractivity (Wildman–Crippen MR) is 90.0 cm³/mol. The van der Waals surface area contributed by atoms with Gasteiger partial charge in [0.2, 0.25) is 0 Å². The summed E-state index contributed by atoms with van der Waals surface area (Å²) in [5.41, 5.74) is -1.08. The summed E-state index contributed by atoms with van der Waals surface area (Å²) in [6, 6.07) is 2.03. The molecule has 2 N–H and O–H groups in total. The van der Waals surface area contributed by atoms with Gasteiger partial charge in [0, 0.05) is 25.1 Å². The molecule has 0 radical (unpaired) electrons. The first kappa shape index (κ1) is 16.8. The second-order valence-electron chi connectivity index (χ2n) is 6.83. The van der Waals surface area contributed by atoms with E-state index in [-0.39, 0.29) is 28.9 Å². The summed E-state index contributed by atoms with van der Waals surface area (Å²) < 4.78 is 6.84. The largest absolute Gasteiger partial charge is 0.378 e. The van der Waals surface area contributed by atoms with Gasteiger partial charge in [0.05, 0.1) is 6.10 Å². The van der Waals surface area contributed by atoms with E-state index in [4.69, 9.17) is 4.74 Å². The number of aromatic amines is 1. The van der Waals surface area contributed by atoms with Crippen LogP contribution in [0.4, 0.5) is 5.82 Å². The minimum Gasteiger partial charge on any atom is -0.378 e. The maximum absolute atomic E-state index is 12.1. The summed E-state index contributed by atoms with van der Waals surface area (Å²) in [6.45, 7) is 2.69. The maximum atomic E-state index is 12.1. The summed E-state index contributed by atoms with van der Waals surface area (Å²) in [7, 11) is 1.36. The van der Waals surface area contributed by atoms with Crippen molar-refractivity contribution in [2.45, 2.75) is 57.6 Å². The first-order chi connectivity index (χ1) is 11.5. The Morgan fingerprint density at radius 1 is 1.38 bits per heavy atom. The number of aromatic nitrogens is 2. The third-order valence-corrected chi connectivity index (χ3v) is 5.67. The van der Waals surface area contributed by atoms with Crippen molar-refractivity contribution in [2.24, 2.45) is 12.5 Å². The Hall–Kier alpha value is -2.07. The third-order valence-electron chi connectivity index (χ3n) is 5.67. The number of H-pyrrole nitrogens is 1. The zero-order chi connectivity index (χ0) is 17.3.